The van der Waals surface area contributed by atoms with Gasteiger partial charge in [-0.25, -0.2) is 8.78 Å². The highest BCUT2D eigenvalue weighted by Crippen LogP contribution is 2.36. The number of hydrogen-bond donors (Lipinski definition) is 0. The minimum absolute atomic E-state index is 0.111. The third kappa shape index (κ3) is 3.79. The summed E-state index contributed by atoms with van der Waals surface area (Å²) in [6.07, 6.45) is 9.60. The van der Waals surface area contributed by atoms with Gasteiger partial charge in [-0.3, -0.25) is 0 Å². The molecule has 0 N–H and O–H groups in total. The Labute approximate surface area is 116 Å². The molecule has 2 fully saturated rings. The van der Waals surface area contributed by atoms with E-state index in [0.717, 1.165) is 18.8 Å². The van der Waals surface area contributed by atoms with Crippen molar-refractivity contribution in [3.8, 4) is 0 Å². The molecule has 0 aromatic carbocycles. The van der Waals surface area contributed by atoms with Crippen LogP contribution in [0.1, 0.15) is 58.8 Å². The van der Waals surface area contributed by atoms with Gasteiger partial charge in [-0.1, -0.05) is 32.4 Å². The summed E-state index contributed by atoms with van der Waals surface area (Å²) in [7, 11) is 0. The molecule has 0 spiro atoms. The molecule has 0 aliphatic heterocycles. The molecule has 2 aliphatic carbocycles. The summed E-state index contributed by atoms with van der Waals surface area (Å²) in [5.74, 6) is 1.20. The predicted molar refractivity (Wildman–Crippen MR) is 76.6 cm³/mol. The van der Waals surface area contributed by atoms with Crippen LogP contribution >= 0.6 is 0 Å². The fourth-order valence-electron chi connectivity index (χ4n) is 3.61. The van der Waals surface area contributed by atoms with E-state index >= 15 is 0 Å². The van der Waals surface area contributed by atoms with Crippen molar-refractivity contribution in [3.63, 3.8) is 0 Å². The number of hydrogen-bond acceptors (Lipinski definition) is 0. The molecule has 2 aliphatic rings. The van der Waals surface area contributed by atoms with Crippen molar-refractivity contribution in [3.05, 3.63) is 12.2 Å². The SMILES string of the molecule is CCC1CCC(/C=C/C2CCC(C)C(F)C2F)CC1. The van der Waals surface area contributed by atoms with E-state index in [2.05, 4.69) is 13.0 Å². The zero-order valence-corrected chi connectivity index (χ0v) is 12.3. The Kier molecular flexibility index (Phi) is 5.41. The van der Waals surface area contributed by atoms with Crippen LogP contribution in [-0.2, 0) is 0 Å². The highest BCUT2D eigenvalue weighted by molar-refractivity contribution is 5.01. The summed E-state index contributed by atoms with van der Waals surface area (Å²) in [5, 5.41) is 0. The van der Waals surface area contributed by atoms with Crippen LogP contribution in [-0.4, -0.2) is 12.3 Å². The average Bonchev–Trinajstić information content (AvgIpc) is 2.45. The molecular weight excluding hydrogens is 242 g/mol. The van der Waals surface area contributed by atoms with Crippen LogP contribution in [0.2, 0.25) is 0 Å². The van der Waals surface area contributed by atoms with E-state index < -0.39 is 12.3 Å². The van der Waals surface area contributed by atoms with E-state index in [1.54, 1.807) is 0 Å². The van der Waals surface area contributed by atoms with Crippen molar-refractivity contribution < 1.29 is 8.78 Å². The van der Waals surface area contributed by atoms with Crippen LogP contribution < -0.4 is 0 Å². The topological polar surface area (TPSA) is 0 Å². The van der Waals surface area contributed by atoms with E-state index in [4.69, 9.17) is 0 Å². The highest BCUT2D eigenvalue weighted by Gasteiger charge is 2.36. The van der Waals surface area contributed by atoms with E-state index in [0.29, 0.717) is 5.92 Å². The number of allylic oxidation sites excluding steroid dienone is 2. The first kappa shape index (κ1) is 15.0. The average molecular weight is 270 g/mol. The maximum Gasteiger partial charge on any atom is 0.138 e. The van der Waals surface area contributed by atoms with Crippen LogP contribution in [0.4, 0.5) is 8.78 Å². The summed E-state index contributed by atoms with van der Waals surface area (Å²) in [4.78, 5) is 0. The molecule has 4 atom stereocenters. The quantitative estimate of drug-likeness (QED) is 0.596. The summed E-state index contributed by atoms with van der Waals surface area (Å²) < 4.78 is 27.6. The Morgan fingerprint density at radius 3 is 2.21 bits per heavy atom. The van der Waals surface area contributed by atoms with Gasteiger partial charge < -0.3 is 0 Å². The second kappa shape index (κ2) is 6.85. The van der Waals surface area contributed by atoms with Crippen molar-refractivity contribution in [1.29, 1.82) is 0 Å². The minimum Gasteiger partial charge on any atom is -0.244 e. The largest absolute Gasteiger partial charge is 0.244 e. The van der Waals surface area contributed by atoms with Crippen molar-refractivity contribution in [2.45, 2.75) is 71.1 Å². The Balaban J connectivity index is 1.82. The molecule has 0 aromatic rings. The van der Waals surface area contributed by atoms with Crippen LogP contribution in [0.15, 0.2) is 12.2 Å². The van der Waals surface area contributed by atoms with Gasteiger partial charge in [0.05, 0.1) is 0 Å². The normalized spacial score (nSPS) is 44.6. The lowest BCUT2D eigenvalue weighted by molar-refractivity contribution is 0.0466. The smallest absolute Gasteiger partial charge is 0.138 e. The number of halogens is 2. The summed E-state index contributed by atoms with van der Waals surface area (Å²) in [6, 6.07) is 0. The van der Waals surface area contributed by atoms with Crippen molar-refractivity contribution in [1.82, 2.24) is 0 Å². The summed E-state index contributed by atoms with van der Waals surface area (Å²) >= 11 is 0. The second-order valence-corrected chi connectivity index (χ2v) is 6.68. The predicted octanol–water partition coefficient (Wildman–Crippen LogP) is 5.48. The fraction of sp³-hybridized carbons (Fsp3) is 0.882. The molecule has 0 aromatic heterocycles. The molecule has 110 valence electrons. The van der Waals surface area contributed by atoms with Gasteiger partial charge in [0.1, 0.15) is 12.3 Å². The lowest BCUT2D eigenvalue weighted by Crippen LogP contribution is -2.36. The van der Waals surface area contributed by atoms with Gasteiger partial charge in [-0.05, 0) is 56.3 Å². The van der Waals surface area contributed by atoms with Crippen LogP contribution in [0, 0.1) is 23.7 Å². The molecule has 2 rings (SSSR count). The molecule has 0 heterocycles. The first-order valence-electron chi connectivity index (χ1n) is 8.08. The van der Waals surface area contributed by atoms with Gasteiger partial charge >= 0.3 is 0 Å². The maximum absolute atomic E-state index is 13.9. The molecule has 4 unspecified atom stereocenters. The van der Waals surface area contributed by atoms with Gasteiger partial charge in [0.2, 0.25) is 0 Å². The highest BCUT2D eigenvalue weighted by atomic mass is 19.2. The van der Waals surface area contributed by atoms with Crippen molar-refractivity contribution >= 4 is 0 Å². The second-order valence-electron chi connectivity index (χ2n) is 6.68. The molecule has 0 nitrogen and oxygen atoms in total. The Morgan fingerprint density at radius 2 is 1.58 bits per heavy atom. The van der Waals surface area contributed by atoms with E-state index in [-0.39, 0.29) is 11.8 Å². The maximum atomic E-state index is 13.9. The van der Waals surface area contributed by atoms with Gasteiger partial charge in [0, 0.05) is 5.92 Å². The first-order chi connectivity index (χ1) is 9.11. The Morgan fingerprint density at radius 1 is 0.895 bits per heavy atom. The molecule has 0 radical (unpaired) electrons. The number of alkyl halides is 2. The van der Waals surface area contributed by atoms with Gasteiger partial charge in [-0.15, -0.1) is 0 Å². The third-order valence-corrected chi connectivity index (χ3v) is 5.31. The van der Waals surface area contributed by atoms with Crippen LogP contribution in [0.5, 0.6) is 0 Å². The summed E-state index contributed by atoms with van der Waals surface area (Å²) in [6.45, 7) is 4.09. The van der Waals surface area contributed by atoms with E-state index in [1.807, 2.05) is 13.0 Å². The lowest BCUT2D eigenvalue weighted by Gasteiger charge is -2.32. The van der Waals surface area contributed by atoms with Crippen molar-refractivity contribution in [2.75, 3.05) is 0 Å². The molecule has 0 saturated heterocycles. The Hall–Kier alpha value is -0.400. The van der Waals surface area contributed by atoms with Gasteiger partial charge in [0.15, 0.2) is 0 Å². The first-order valence-corrected chi connectivity index (χ1v) is 8.08. The van der Waals surface area contributed by atoms with Crippen LogP contribution in [0.3, 0.4) is 0 Å². The number of rotatable bonds is 3. The standard InChI is InChI=1S/C17H28F2/c1-3-13-5-7-14(8-6-13)9-11-15-10-4-12(2)16(18)17(15)19/h9,11-17H,3-8,10H2,1-2H3/b11-9+. The zero-order chi connectivity index (χ0) is 13.8. The molecular formula is C17H28F2. The third-order valence-electron chi connectivity index (χ3n) is 5.31. The minimum atomic E-state index is -1.29. The molecule has 19 heavy (non-hydrogen) atoms. The van der Waals surface area contributed by atoms with E-state index in [9.17, 15) is 8.78 Å². The van der Waals surface area contributed by atoms with Crippen molar-refractivity contribution in [2.24, 2.45) is 23.7 Å². The Bertz CT molecular complexity index is 292. The molecule has 0 bridgehead atoms. The molecule has 2 heteroatoms. The molecule has 2 saturated carbocycles. The summed E-state index contributed by atoms with van der Waals surface area (Å²) in [5.41, 5.74) is 0. The fourth-order valence-corrected chi connectivity index (χ4v) is 3.61. The van der Waals surface area contributed by atoms with Crippen LogP contribution in [0.25, 0.3) is 0 Å². The van der Waals surface area contributed by atoms with Gasteiger partial charge in [-0.2, -0.15) is 0 Å². The lowest BCUT2D eigenvalue weighted by atomic mass is 9.77. The molecule has 0 amide bonds. The zero-order valence-electron chi connectivity index (χ0n) is 12.3. The van der Waals surface area contributed by atoms with E-state index in [1.165, 1.54) is 32.1 Å². The monoisotopic (exact) mass is 270 g/mol. The van der Waals surface area contributed by atoms with Gasteiger partial charge in [0.25, 0.3) is 0 Å².